The third kappa shape index (κ3) is 5.02. The number of hydrogen-bond acceptors (Lipinski definition) is 2. The molecule has 0 radical (unpaired) electrons. The predicted molar refractivity (Wildman–Crippen MR) is 45.0 cm³/mol. The van der Waals surface area contributed by atoms with E-state index >= 15 is 0 Å². The zero-order chi connectivity index (χ0) is 13.0. The van der Waals surface area contributed by atoms with Crippen LogP contribution in [-0.4, -0.2) is 38.2 Å². The minimum Gasteiger partial charge on any atom is -0.356 e. The Morgan fingerprint density at radius 1 is 1.06 bits per heavy atom. The molecular weight excluding hydrogens is 240 g/mol. The van der Waals surface area contributed by atoms with Gasteiger partial charge in [-0.15, -0.1) is 0 Å². The van der Waals surface area contributed by atoms with Crippen LogP contribution in [0.4, 0.5) is 26.3 Å². The largest absolute Gasteiger partial charge is 0.423 e. The van der Waals surface area contributed by atoms with Gasteiger partial charge in [0.2, 0.25) is 6.10 Å². The number of alkyl halides is 6. The normalized spacial score (nSPS) is 15.6. The Balaban J connectivity index is 4.67. The van der Waals surface area contributed by atoms with Crippen molar-refractivity contribution in [1.29, 1.82) is 0 Å². The van der Waals surface area contributed by atoms with Crippen molar-refractivity contribution < 1.29 is 31.1 Å². The number of ether oxygens (including phenoxy) is 1. The van der Waals surface area contributed by atoms with Crippen LogP contribution in [0.2, 0.25) is 0 Å². The summed E-state index contributed by atoms with van der Waals surface area (Å²) in [5.74, 6) is 0. The molecule has 8 heteroatoms. The van der Waals surface area contributed by atoms with Crippen molar-refractivity contribution in [1.82, 2.24) is 5.32 Å². The van der Waals surface area contributed by atoms with Gasteiger partial charge in [-0.25, -0.2) is 0 Å². The van der Waals surface area contributed by atoms with Gasteiger partial charge in [-0.05, 0) is 13.5 Å². The standard InChI is InChI=1S/C8H13F6NO/c1-3-5(4-15-2)16-6(7(9,10)11)8(12,13)14/h5-6,15H,3-4H2,1-2H3. The quantitative estimate of drug-likeness (QED) is 0.760. The molecular formula is C8H13F6NO. The van der Waals surface area contributed by atoms with Crippen molar-refractivity contribution in [2.75, 3.05) is 13.6 Å². The molecule has 2 nitrogen and oxygen atoms in total. The van der Waals surface area contributed by atoms with E-state index in [9.17, 15) is 26.3 Å². The van der Waals surface area contributed by atoms with E-state index < -0.39 is 24.6 Å². The van der Waals surface area contributed by atoms with Gasteiger partial charge in [0.15, 0.2) is 0 Å². The Morgan fingerprint density at radius 2 is 1.50 bits per heavy atom. The monoisotopic (exact) mass is 253 g/mol. The van der Waals surface area contributed by atoms with Crippen LogP contribution in [0.15, 0.2) is 0 Å². The maximum atomic E-state index is 12.1. The lowest BCUT2D eigenvalue weighted by molar-refractivity contribution is -0.330. The highest BCUT2D eigenvalue weighted by molar-refractivity contribution is 4.78. The van der Waals surface area contributed by atoms with Gasteiger partial charge in [-0.2, -0.15) is 26.3 Å². The smallest absolute Gasteiger partial charge is 0.356 e. The Labute approximate surface area is 89.0 Å². The summed E-state index contributed by atoms with van der Waals surface area (Å²) in [7, 11) is 1.42. The summed E-state index contributed by atoms with van der Waals surface area (Å²) < 4.78 is 76.6. The molecule has 1 N–H and O–H groups in total. The second-order valence-corrected chi connectivity index (χ2v) is 3.19. The minimum absolute atomic E-state index is 0.0590. The molecule has 1 unspecified atom stereocenters. The fourth-order valence-electron chi connectivity index (χ4n) is 1.05. The van der Waals surface area contributed by atoms with E-state index in [0.29, 0.717) is 0 Å². The summed E-state index contributed by atoms with van der Waals surface area (Å²) >= 11 is 0. The van der Waals surface area contributed by atoms with Gasteiger partial charge in [-0.3, -0.25) is 0 Å². The fourth-order valence-corrected chi connectivity index (χ4v) is 1.05. The zero-order valence-electron chi connectivity index (χ0n) is 8.74. The van der Waals surface area contributed by atoms with E-state index in [0.717, 1.165) is 0 Å². The Hall–Kier alpha value is -0.500. The van der Waals surface area contributed by atoms with Crippen LogP contribution in [-0.2, 0) is 4.74 Å². The molecule has 0 aromatic heterocycles. The number of rotatable bonds is 5. The lowest BCUT2D eigenvalue weighted by Gasteiger charge is -2.27. The van der Waals surface area contributed by atoms with Crippen LogP contribution in [0, 0.1) is 0 Å². The second kappa shape index (κ2) is 5.72. The first-order valence-corrected chi connectivity index (χ1v) is 4.56. The molecule has 0 saturated carbocycles. The van der Waals surface area contributed by atoms with E-state index in [4.69, 9.17) is 0 Å². The summed E-state index contributed by atoms with van der Waals surface area (Å²) in [5, 5.41) is 2.47. The van der Waals surface area contributed by atoms with Crippen LogP contribution < -0.4 is 5.32 Å². The number of likely N-dealkylation sites (N-methyl/N-ethyl adjacent to an activating group) is 1. The molecule has 98 valence electrons. The van der Waals surface area contributed by atoms with Gasteiger partial charge in [0.1, 0.15) is 0 Å². The molecule has 0 saturated heterocycles. The summed E-state index contributed by atoms with van der Waals surface area (Å²) in [6, 6.07) is 0. The SMILES string of the molecule is CCC(CNC)OC(C(F)(F)F)C(F)(F)F. The fraction of sp³-hybridized carbons (Fsp3) is 1.00. The van der Waals surface area contributed by atoms with Gasteiger partial charge >= 0.3 is 12.4 Å². The van der Waals surface area contributed by atoms with Crippen molar-refractivity contribution in [3.05, 3.63) is 0 Å². The van der Waals surface area contributed by atoms with Crippen molar-refractivity contribution in [2.45, 2.75) is 37.9 Å². The van der Waals surface area contributed by atoms with Gasteiger partial charge in [0, 0.05) is 6.54 Å². The van der Waals surface area contributed by atoms with E-state index in [-0.39, 0.29) is 13.0 Å². The highest BCUT2D eigenvalue weighted by atomic mass is 19.4. The van der Waals surface area contributed by atoms with Crippen LogP contribution in [0.5, 0.6) is 0 Å². The molecule has 0 bridgehead atoms. The van der Waals surface area contributed by atoms with E-state index in [1.165, 1.54) is 14.0 Å². The van der Waals surface area contributed by atoms with Crippen molar-refractivity contribution >= 4 is 0 Å². The lowest BCUT2D eigenvalue weighted by atomic mass is 10.2. The molecule has 16 heavy (non-hydrogen) atoms. The predicted octanol–water partition coefficient (Wildman–Crippen LogP) is 2.49. The molecule has 0 aliphatic carbocycles. The van der Waals surface area contributed by atoms with Gasteiger partial charge in [0.05, 0.1) is 6.10 Å². The average molecular weight is 253 g/mol. The van der Waals surface area contributed by atoms with E-state index in [1.807, 2.05) is 0 Å². The van der Waals surface area contributed by atoms with E-state index in [2.05, 4.69) is 10.1 Å². The summed E-state index contributed by atoms with van der Waals surface area (Å²) in [6.07, 6.45) is -15.7. The van der Waals surface area contributed by atoms with Crippen molar-refractivity contribution in [3.63, 3.8) is 0 Å². The molecule has 0 amide bonds. The second-order valence-electron chi connectivity index (χ2n) is 3.19. The van der Waals surface area contributed by atoms with Gasteiger partial charge in [-0.1, -0.05) is 6.92 Å². The van der Waals surface area contributed by atoms with Crippen LogP contribution in [0.1, 0.15) is 13.3 Å². The summed E-state index contributed by atoms with van der Waals surface area (Å²) in [4.78, 5) is 0. The highest BCUT2D eigenvalue weighted by Gasteiger charge is 2.58. The van der Waals surface area contributed by atoms with Crippen LogP contribution in [0.3, 0.4) is 0 Å². The first kappa shape index (κ1) is 15.5. The molecule has 0 fully saturated rings. The van der Waals surface area contributed by atoms with Gasteiger partial charge < -0.3 is 10.1 Å². The summed E-state index contributed by atoms with van der Waals surface area (Å²) in [6.45, 7) is 1.38. The molecule has 0 aromatic rings. The Kier molecular flexibility index (Phi) is 5.54. The highest BCUT2D eigenvalue weighted by Crippen LogP contribution is 2.36. The maximum absolute atomic E-state index is 12.1. The molecule has 0 spiro atoms. The van der Waals surface area contributed by atoms with Crippen LogP contribution in [0.25, 0.3) is 0 Å². The molecule has 0 aromatic carbocycles. The Morgan fingerprint density at radius 3 is 1.75 bits per heavy atom. The minimum atomic E-state index is -5.45. The molecule has 0 heterocycles. The van der Waals surface area contributed by atoms with Crippen LogP contribution >= 0.6 is 0 Å². The molecule has 1 atom stereocenters. The van der Waals surface area contributed by atoms with Gasteiger partial charge in [0.25, 0.3) is 0 Å². The number of nitrogens with one attached hydrogen (secondary N) is 1. The third-order valence-corrected chi connectivity index (χ3v) is 1.81. The molecule has 0 aliphatic heterocycles. The van der Waals surface area contributed by atoms with Crippen molar-refractivity contribution in [3.8, 4) is 0 Å². The third-order valence-electron chi connectivity index (χ3n) is 1.81. The van der Waals surface area contributed by atoms with Crippen molar-refractivity contribution in [2.24, 2.45) is 0 Å². The lowest BCUT2D eigenvalue weighted by Crippen LogP contribution is -2.47. The molecule has 0 aliphatic rings. The summed E-state index contributed by atoms with van der Waals surface area (Å²) in [5.41, 5.74) is 0. The molecule has 0 rings (SSSR count). The topological polar surface area (TPSA) is 21.3 Å². The van der Waals surface area contributed by atoms with E-state index in [1.54, 1.807) is 0 Å². The zero-order valence-corrected chi connectivity index (χ0v) is 8.74. The first-order valence-electron chi connectivity index (χ1n) is 4.56. The first-order chi connectivity index (χ1) is 7.12. The Bertz CT molecular complexity index is 188. The average Bonchev–Trinajstić information content (AvgIpc) is 2.07. The number of hydrogen-bond donors (Lipinski definition) is 1. The maximum Gasteiger partial charge on any atom is 0.423 e. The number of halogens is 6.